The fourth-order valence-corrected chi connectivity index (χ4v) is 2.11. The number of ether oxygens (including phenoxy) is 3. The van der Waals surface area contributed by atoms with Crippen LogP contribution in [0.1, 0.15) is 12.8 Å². The topological polar surface area (TPSA) is 56.8 Å². The maximum atomic E-state index is 11.3. The van der Waals surface area contributed by atoms with Gasteiger partial charge in [-0.2, -0.15) is 0 Å². The molecule has 2 rings (SSSR count). The lowest BCUT2D eigenvalue weighted by atomic mass is 9.92. The molecule has 0 aromatic rings. The van der Waals surface area contributed by atoms with Crippen LogP contribution in [-0.2, 0) is 19.0 Å². The zero-order chi connectivity index (χ0) is 10.7. The van der Waals surface area contributed by atoms with Crippen LogP contribution in [0, 0.1) is 0 Å². The molecule has 94 valence electrons. The minimum Gasteiger partial charge on any atom is -0.467 e. The number of esters is 1. The van der Waals surface area contributed by atoms with Gasteiger partial charge in [-0.25, -0.2) is 4.79 Å². The molecular weight excluding hydrogens is 234 g/mol. The Bertz CT molecular complexity index is 237. The van der Waals surface area contributed by atoms with Crippen LogP contribution >= 0.6 is 12.4 Å². The summed E-state index contributed by atoms with van der Waals surface area (Å²) in [6.45, 7) is 2.72. The molecule has 0 radical (unpaired) electrons. The van der Waals surface area contributed by atoms with Crippen molar-refractivity contribution in [2.45, 2.75) is 24.5 Å². The van der Waals surface area contributed by atoms with Crippen LogP contribution < -0.4 is 5.32 Å². The summed E-state index contributed by atoms with van der Waals surface area (Å²) >= 11 is 0. The second kappa shape index (κ2) is 5.82. The first kappa shape index (κ1) is 13.7. The van der Waals surface area contributed by atoms with E-state index in [2.05, 4.69) is 10.1 Å². The maximum absolute atomic E-state index is 11.3. The highest BCUT2D eigenvalue weighted by Gasteiger charge is 2.41. The number of methoxy groups -OCH3 is 1. The fourth-order valence-electron chi connectivity index (χ4n) is 2.11. The van der Waals surface area contributed by atoms with E-state index in [1.165, 1.54) is 7.11 Å². The third kappa shape index (κ3) is 2.85. The Morgan fingerprint density at radius 3 is 2.75 bits per heavy atom. The summed E-state index contributed by atoms with van der Waals surface area (Å²) in [5.74, 6) is -0.340. The van der Waals surface area contributed by atoms with Crippen molar-refractivity contribution in [1.29, 1.82) is 0 Å². The molecule has 6 heteroatoms. The maximum Gasteiger partial charge on any atom is 0.337 e. The Balaban J connectivity index is 0.00000128. The number of rotatable bonds is 1. The molecule has 2 saturated heterocycles. The standard InChI is InChI=1S/C10H17NO4.ClH/c1-13-9(12)8-6-14-7-10(15-8)2-4-11-5-3-10;/h8,11H,2-7H2,1H3;1H. The average molecular weight is 252 g/mol. The first-order valence-corrected chi connectivity index (χ1v) is 5.30. The summed E-state index contributed by atoms with van der Waals surface area (Å²) in [6.07, 6.45) is 1.22. The van der Waals surface area contributed by atoms with Gasteiger partial charge in [0.2, 0.25) is 0 Å². The van der Waals surface area contributed by atoms with Gasteiger partial charge in [0.1, 0.15) is 0 Å². The number of carbonyl (C=O) groups excluding carboxylic acids is 1. The second-order valence-electron chi connectivity index (χ2n) is 4.08. The molecule has 2 aliphatic heterocycles. The van der Waals surface area contributed by atoms with Gasteiger partial charge >= 0.3 is 5.97 Å². The second-order valence-corrected chi connectivity index (χ2v) is 4.08. The fraction of sp³-hybridized carbons (Fsp3) is 0.900. The van der Waals surface area contributed by atoms with Crippen molar-refractivity contribution in [3.8, 4) is 0 Å². The minimum atomic E-state index is -0.554. The van der Waals surface area contributed by atoms with Crippen molar-refractivity contribution >= 4 is 18.4 Å². The molecule has 2 heterocycles. The van der Waals surface area contributed by atoms with E-state index in [4.69, 9.17) is 9.47 Å². The lowest BCUT2D eigenvalue weighted by Gasteiger charge is -2.42. The van der Waals surface area contributed by atoms with E-state index < -0.39 is 6.10 Å². The van der Waals surface area contributed by atoms with Crippen LogP contribution in [0.15, 0.2) is 0 Å². The van der Waals surface area contributed by atoms with Crippen LogP contribution in [0.25, 0.3) is 0 Å². The van der Waals surface area contributed by atoms with Gasteiger partial charge in [-0.05, 0) is 25.9 Å². The van der Waals surface area contributed by atoms with Crippen LogP contribution in [0.4, 0.5) is 0 Å². The molecule has 5 nitrogen and oxygen atoms in total. The predicted molar refractivity (Wildman–Crippen MR) is 59.8 cm³/mol. The number of nitrogens with one attached hydrogen (secondary N) is 1. The molecule has 0 aromatic heterocycles. The van der Waals surface area contributed by atoms with Crippen LogP contribution in [0.5, 0.6) is 0 Å². The summed E-state index contributed by atoms with van der Waals surface area (Å²) in [5.41, 5.74) is -0.275. The van der Waals surface area contributed by atoms with E-state index in [0.717, 1.165) is 25.9 Å². The molecule has 0 aliphatic carbocycles. The minimum absolute atomic E-state index is 0. The van der Waals surface area contributed by atoms with Gasteiger partial charge in [-0.3, -0.25) is 0 Å². The number of hydrogen-bond donors (Lipinski definition) is 1. The highest BCUT2D eigenvalue weighted by atomic mass is 35.5. The normalized spacial score (nSPS) is 28.2. The van der Waals surface area contributed by atoms with Crippen LogP contribution in [0.2, 0.25) is 0 Å². The third-order valence-corrected chi connectivity index (χ3v) is 3.01. The Kier molecular flexibility index (Phi) is 4.98. The monoisotopic (exact) mass is 251 g/mol. The molecule has 0 bridgehead atoms. The number of piperidine rings is 1. The predicted octanol–water partition coefficient (Wildman–Crippen LogP) is 0.119. The van der Waals surface area contributed by atoms with Crippen molar-refractivity contribution in [3.63, 3.8) is 0 Å². The summed E-state index contributed by atoms with van der Waals surface area (Å²) in [6, 6.07) is 0. The zero-order valence-electron chi connectivity index (χ0n) is 9.36. The Labute approximate surface area is 101 Å². The molecule has 1 unspecified atom stereocenters. The number of carbonyl (C=O) groups is 1. The van der Waals surface area contributed by atoms with Gasteiger partial charge in [0, 0.05) is 0 Å². The first-order valence-electron chi connectivity index (χ1n) is 5.30. The number of halogens is 1. The number of hydrogen-bond acceptors (Lipinski definition) is 5. The molecule has 0 amide bonds. The highest BCUT2D eigenvalue weighted by Crippen LogP contribution is 2.29. The molecule has 0 saturated carbocycles. The van der Waals surface area contributed by atoms with E-state index in [1.807, 2.05) is 0 Å². The molecule has 1 atom stereocenters. The van der Waals surface area contributed by atoms with E-state index in [0.29, 0.717) is 13.2 Å². The van der Waals surface area contributed by atoms with E-state index in [1.54, 1.807) is 0 Å². The molecule has 2 aliphatic rings. The van der Waals surface area contributed by atoms with Gasteiger partial charge in [-0.1, -0.05) is 0 Å². The Morgan fingerprint density at radius 2 is 2.12 bits per heavy atom. The summed E-state index contributed by atoms with van der Waals surface area (Å²) < 4.78 is 15.9. The largest absolute Gasteiger partial charge is 0.467 e. The third-order valence-electron chi connectivity index (χ3n) is 3.01. The average Bonchev–Trinajstić information content (AvgIpc) is 2.29. The van der Waals surface area contributed by atoms with E-state index in [9.17, 15) is 4.79 Å². The van der Waals surface area contributed by atoms with Gasteiger partial charge in [0.05, 0.1) is 25.9 Å². The molecule has 16 heavy (non-hydrogen) atoms. The van der Waals surface area contributed by atoms with E-state index in [-0.39, 0.29) is 24.0 Å². The molecule has 1 spiro atoms. The summed E-state index contributed by atoms with van der Waals surface area (Å²) in [4.78, 5) is 11.3. The van der Waals surface area contributed by atoms with Crippen LogP contribution in [-0.4, -0.2) is 51.1 Å². The lowest BCUT2D eigenvalue weighted by molar-refractivity contribution is -0.219. The van der Waals surface area contributed by atoms with Crippen molar-refractivity contribution in [3.05, 3.63) is 0 Å². The molecule has 0 aromatic carbocycles. The Hall–Kier alpha value is -0.360. The lowest BCUT2D eigenvalue weighted by Crippen LogP contribution is -2.55. The van der Waals surface area contributed by atoms with E-state index >= 15 is 0 Å². The summed E-state index contributed by atoms with van der Waals surface area (Å²) in [7, 11) is 1.37. The summed E-state index contributed by atoms with van der Waals surface area (Å²) in [5, 5.41) is 3.26. The van der Waals surface area contributed by atoms with Crippen LogP contribution in [0.3, 0.4) is 0 Å². The molecular formula is C10H18ClNO4. The van der Waals surface area contributed by atoms with Gasteiger partial charge in [0.25, 0.3) is 0 Å². The zero-order valence-corrected chi connectivity index (χ0v) is 10.2. The Morgan fingerprint density at radius 1 is 1.44 bits per heavy atom. The highest BCUT2D eigenvalue weighted by molar-refractivity contribution is 5.85. The van der Waals surface area contributed by atoms with Gasteiger partial charge in [-0.15, -0.1) is 12.4 Å². The van der Waals surface area contributed by atoms with Gasteiger partial charge in [0.15, 0.2) is 6.10 Å². The van der Waals surface area contributed by atoms with Crippen molar-refractivity contribution < 1.29 is 19.0 Å². The van der Waals surface area contributed by atoms with Crippen molar-refractivity contribution in [2.24, 2.45) is 0 Å². The van der Waals surface area contributed by atoms with Crippen molar-refractivity contribution in [1.82, 2.24) is 5.32 Å². The smallest absolute Gasteiger partial charge is 0.337 e. The quantitative estimate of drug-likeness (QED) is 0.671. The first-order chi connectivity index (χ1) is 7.26. The molecule has 2 fully saturated rings. The SMILES string of the molecule is COC(=O)C1COCC2(CCNCC2)O1.Cl. The molecule has 1 N–H and O–H groups in total. The van der Waals surface area contributed by atoms with Crippen molar-refractivity contribution in [2.75, 3.05) is 33.4 Å². The van der Waals surface area contributed by atoms with Gasteiger partial charge < -0.3 is 19.5 Å².